The fourth-order valence-electron chi connectivity index (χ4n) is 2.86. The van der Waals surface area contributed by atoms with Gasteiger partial charge in [-0.25, -0.2) is 14.6 Å². The van der Waals surface area contributed by atoms with Crippen molar-refractivity contribution in [1.82, 2.24) is 4.98 Å². The minimum atomic E-state index is -0.643. The van der Waals surface area contributed by atoms with Crippen molar-refractivity contribution in [1.29, 1.82) is 0 Å². The van der Waals surface area contributed by atoms with Crippen molar-refractivity contribution in [3.8, 4) is 5.75 Å². The molecule has 1 aromatic heterocycles. The molecule has 166 valence electrons. The van der Waals surface area contributed by atoms with E-state index < -0.39 is 17.8 Å². The van der Waals surface area contributed by atoms with Gasteiger partial charge in [-0.2, -0.15) is 0 Å². The Labute approximate surface area is 189 Å². The average molecular weight is 455 g/mol. The number of esters is 2. The highest BCUT2D eigenvalue weighted by Crippen LogP contribution is 2.23. The summed E-state index contributed by atoms with van der Waals surface area (Å²) in [5.41, 5.74) is 2.15. The molecule has 0 saturated heterocycles. The van der Waals surface area contributed by atoms with E-state index in [2.05, 4.69) is 10.3 Å². The van der Waals surface area contributed by atoms with Gasteiger partial charge < -0.3 is 19.5 Å². The molecule has 0 radical (unpaired) electrons. The van der Waals surface area contributed by atoms with E-state index in [1.165, 1.54) is 43.8 Å². The molecular formula is C23H22N2O6S. The van der Waals surface area contributed by atoms with Crippen LogP contribution in [0.3, 0.4) is 0 Å². The van der Waals surface area contributed by atoms with Gasteiger partial charge in [-0.15, -0.1) is 11.3 Å². The number of anilines is 1. The van der Waals surface area contributed by atoms with Crippen molar-refractivity contribution < 1.29 is 28.6 Å². The first-order valence-electron chi connectivity index (χ1n) is 9.59. The monoisotopic (exact) mass is 454 g/mol. The van der Waals surface area contributed by atoms with Crippen LogP contribution in [0, 0.1) is 13.8 Å². The Morgan fingerprint density at radius 1 is 0.938 bits per heavy atom. The van der Waals surface area contributed by atoms with Gasteiger partial charge in [0.15, 0.2) is 0 Å². The molecule has 0 atom stereocenters. The fraction of sp³-hybridized carbons (Fsp3) is 0.217. The number of rotatable bonds is 7. The molecule has 0 spiro atoms. The van der Waals surface area contributed by atoms with Gasteiger partial charge in [-0.3, -0.25) is 4.79 Å². The number of thiazole rings is 1. The molecule has 0 aliphatic heterocycles. The number of methoxy groups -OCH3 is 2. The fourth-order valence-corrected chi connectivity index (χ4v) is 3.74. The molecule has 1 amide bonds. The SMILES string of the molecule is COC(=O)c1cc(NC(=O)c2sc(COc3ccc(C)cc3)nc2C)cc(C(=O)OC)c1. The lowest BCUT2D eigenvalue weighted by Crippen LogP contribution is -2.14. The molecule has 2 aromatic carbocycles. The number of aryl methyl sites for hydroxylation is 2. The number of nitrogens with zero attached hydrogens (tertiary/aromatic N) is 1. The van der Waals surface area contributed by atoms with Crippen LogP contribution >= 0.6 is 11.3 Å². The van der Waals surface area contributed by atoms with Gasteiger partial charge in [-0.05, 0) is 44.2 Å². The standard InChI is InChI=1S/C23H22N2O6S/c1-13-5-7-18(8-6-13)31-12-19-24-14(2)20(32-19)21(26)25-17-10-15(22(27)29-3)9-16(11-17)23(28)30-4/h5-11H,12H2,1-4H3,(H,25,26). The molecule has 0 saturated carbocycles. The maximum Gasteiger partial charge on any atom is 0.337 e. The summed E-state index contributed by atoms with van der Waals surface area (Å²) < 4.78 is 15.2. The number of nitrogens with one attached hydrogen (secondary N) is 1. The Hall–Kier alpha value is -3.72. The van der Waals surface area contributed by atoms with E-state index in [1.54, 1.807) is 6.92 Å². The van der Waals surface area contributed by atoms with Crippen molar-refractivity contribution in [3.63, 3.8) is 0 Å². The highest BCUT2D eigenvalue weighted by atomic mass is 32.1. The lowest BCUT2D eigenvalue weighted by Gasteiger charge is -2.09. The van der Waals surface area contributed by atoms with Gasteiger partial charge in [0.25, 0.3) is 5.91 Å². The Balaban J connectivity index is 1.77. The normalized spacial score (nSPS) is 10.4. The summed E-state index contributed by atoms with van der Waals surface area (Å²) in [7, 11) is 2.46. The number of carbonyl (C=O) groups excluding carboxylic acids is 3. The van der Waals surface area contributed by atoms with Crippen molar-refractivity contribution in [2.75, 3.05) is 19.5 Å². The van der Waals surface area contributed by atoms with Crippen molar-refractivity contribution in [2.45, 2.75) is 20.5 Å². The van der Waals surface area contributed by atoms with E-state index in [4.69, 9.17) is 14.2 Å². The van der Waals surface area contributed by atoms with Gasteiger partial charge in [-0.1, -0.05) is 17.7 Å². The van der Waals surface area contributed by atoms with Crippen LogP contribution in [0.4, 0.5) is 5.69 Å². The second kappa shape index (κ2) is 10.1. The van der Waals surface area contributed by atoms with E-state index in [9.17, 15) is 14.4 Å². The summed E-state index contributed by atoms with van der Waals surface area (Å²) in [4.78, 5) is 41.5. The quantitative estimate of drug-likeness (QED) is 0.535. The number of ether oxygens (including phenoxy) is 3. The molecule has 0 fully saturated rings. The zero-order valence-corrected chi connectivity index (χ0v) is 18.9. The van der Waals surface area contributed by atoms with Crippen LogP contribution in [0.15, 0.2) is 42.5 Å². The second-order valence-corrected chi connectivity index (χ2v) is 7.94. The van der Waals surface area contributed by atoms with Crippen LogP contribution < -0.4 is 10.1 Å². The first-order chi connectivity index (χ1) is 15.3. The van der Waals surface area contributed by atoms with Gasteiger partial charge in [0.05, 0.1) is 31.0 Å². The lowest BCUT2D eigenvalue weighted by atomic mass is 10.1. The lowest BCUT2D eigenvalue weighted by molar-refractivity contribution is 0.0599. The third-order valence-electron chi connectivity index (χ3n) is 4.46. The predicted molar refractivity (Wildman–Crippen MR) is 119 cm³/mol. The molecule has 3 aromatic rings. The van der Waals surface area contributed by atoms with Crippen LogP contribution in [0.5, 0.6) is 5.75 Å². The highest BCUT2D eigenvalue weighted by molar-refractivity contribution is 7.13. The smallest absolute Gasteiger partial charge is 0.337 e. The summed E-state index contributed by atoms with van der Waals surface area (Å²) in [5, 5.41) is 3.35. The second-order valence-electron chi connectivity index (χ2n) is 6.86. The summed E-state index contributed by atoms with van der Waals surface area (Å²) in [6.07, 6.45) is 0. The van der Waals surface area contributed by atoms with Gasteiger partial charge >= 0.3 is 11.9 Å². The minimum Gasteiger partial charge on any atom is -0.486 e. The number of amides is 1. The molecule has 1 N–H and O–H groups in total. The maximum atomic E-state index is 12.8. The maximum absolute atomic E-state index is 12.8. The molecule has 3 rings (SSSR count). The first kappa shape index (κ1) is 23.0. The summed E-state index contributed by atoms with van der Waals surface area (Å²) in [6, 6.07) is 11.8. The van der Waals surface area contributed by atoms with Crippen LogP contribution in [-0.2, 0) is 16.1 Å². The third kappa shape index (κ3) is 5.50. The van der Waals surface area contributed by atoms with E-state index in [0.29, 0.717) is 21.3 Å². The predicted octanol–water partition coefficient (Wildman–Crippen LogP) is 4.16. The van der Waals surface area contributed by atoms with E-state index in [-0.39, 0.29) is 23.4 Å². The van der Waals surface area contributed by atoms with Crippen LogP contribution in [0.25, 0.3) is 0 Å². The Morgan fingerprint density at radius 3 is 2.09 bits per heavy atom. The third-order valence-corrected chi connectivity index (χ3v) is 5.59. The average Bonchev–Trinajstić information content (AvgIpc) is 3.17. The number of aromatic nitrogens is 1. The Kier molecular flexibility index (Phi) is 7.21. The zero-order chi connectivity index (χ0) is 23.3. The number of carbonyl (C=O) groups is 3. The summed E-state index contributed by atoms with van der Waals surface area (Å²) in [6.45, 7) is 3.95. The molecule has 9 heteroatoms. The van der Waals surface area contributed by atoms with E-state index >= 15 is 0 Å². The molecule has 0 aliphatic rings. The summed E-state index contributed by atoms with van der Waals surface area (Å²) >= 11 is 1.21. The molecule has 0 unspecified atom stereocenters. The Bertz CT molecular complexity index is 1120. The van der Waals surface area contributed by atoms with Crippen molar-refractivity contribution in [2.24, 2.45) is 0 Å². The van der Waals surface area contributed by atoms with Crippen molar-refractivity contribution >= 4 is 34.9 Å². The molecule has 32 heavy (non-hydrogen) atoms. The van der Waals surface area contributed by atoms with Crippen LogP contribution in [0.2, 0.25) is 0 Å². The van der Waals surface area contributed by atoms with Crippen LogP contribution in [-0.4, -0.2) is 37.0 Å². The topological polar surface area (TPSA) is 104 Å². The van der Waals surface area contributed by atoms with Crippen molar-refractivity contribution in [3.05, 3.63) is 74.7 Å². The first-order valence-corrected chi connectivity index (χ1v) is 10.4. The zero-order valence-electron chi connectivity index (χ0n) is 18.1. The van der Waals surface area contributed by atoms with Gasteiger partial charge in [0.2, 0.25) is 0 Å². The number of hydrogen-bond acceptors (Lipinski definition) is 8. The molecular weight excluding hydrogens is 432 g/mol. The number of benzene rings is 2. The minimum absolute atomic E-state index is 0.110. The molecule has 8 nitrogen and oxygen atoms in total. The van der Waals surface area contributed by atoms with Gasteiger partial charge in [0.1, 0.15) is 22.2 Å². The highest BCUT2D eigenvalue weighted by Gasteiger charge is 2.19. The van der Waals surface area contributed by atoms with E-state index in [1.807, 2.05) is 31.2 Å². The van der Waals surface area contributed by atoms with Crippen LogP contribution in [0.1, 0.15) is 46.7 Å². The Morgan fingerprint density at radius 2 is 1.53 bits per heavy atom. The molecule has 0 bridgehead atoms. The molecule has 0 aliphatic carbocycles. The molecule has 1 heterocycles. The van der Waals surface area contributed by atoms with Gasteiger partial charge in [0, 0.05) is 5.69 Å². The summed E-state index contributed by atoms with van der Waals surface area (Å²) in [5.74, 6) is -0.990. The van der Waals surface area contributed by atoms with E-state index in [0.717, 1.165) is 5.56 Å². The largest absolute Gasteiger partial charge is 0.486 e. The number of hydrogen-bond donors (Lipinski definition) is 1.